The number of carbonyl (C=O) groups is 1. The van der Waals surface area contributed by atoms with Gasteiger partial charge in [0.25, 0.3) is 5.91 Å². The maximum absolute atomic E-state index is 13.3. The van der Waals surface area contributed by atoms with Gasteiger partial charge in [0.15, 0.2) is 34.6 Å². The third-order valence-corrected chi connectivity index (χ3v) is 4.70. The molecule has 0 atom stereocenters. The Labute approximate surface area is 186 Å². The fourth-order valence-corrected chi connectivity index (χ4v) is 3.06. The number of nitrogens with zero attached hydrogens (tertiary/aromatic N) is 4. The number of nitrogens with one attached hydrogen (secondary N) is 1. The molecule has 0 aliphatic rings. The quantitative estimate of drug-likeness (QED) is 0.408. The summed E-state index contributed by atoms with van der Waals surface area (Å²) in [6, 6.07) is 11.6. The average Bonchev–Trinajstić information content (AvgIpc) is 3.26. The van der Waals surface area contributed by atoms with Gasteiger partial charge in [-0.25, -0.2) is 8.78 Å². The molecule has 1 amide bonds. The topological polar surface area (TPSA) is 99.9 Å². The van der Waals surface area contributed by atoms with Gasteiger partial charge in [0.05, 0.1) is 20.8 Å². The zero-order chi connectivity index (χ0) is 23.4. The first kappa shape index (κ1) is 21.9. The Kier molecular flexibility index (Phi) is 6.29. The summed E-state index contributed by atoms with van der Waals surface area (Å²) in [5, 5.41) is 15.3. The van der Waals surface area contributed by atoms with E-state index in [-0.39, 0.29) is 24.6 Å². The number of rotatable bonds is 8. The molecule has 0 spiro atoms. The molecule has 0 bridgehead atoms. The van der Waals surface area contributed by atoms with Crippen molar-refractivity contribution in [3.05, 3.63) is 65.7 Å². The van der Waals surface area contributed by atoms with Crippen LogP contribution in [0.4, 0.5) is 8.78 Å². The molecule has 4 rings (SSSR count). The molecule has 0 fully saturated rings. The smallest absolute Gasteiger partial charge is 0.251 e. The third-order valence-electron chi connectivity index (χ3n) is 4.70. The standard InChI is InChI=1S/C22H19F2N5O4/c1-31-17-6-4-13(12-18(17)32-2)21-27-26-19-7-8-20(28-29(19)21)33-10-9-25-22(30)14-3-5-15(23)16(24)11-14/h3-8,11-12H,9-10H2,1-2H3,(H,25,30). The first-order chi connectivity index (χ1) is 16.0. The van der Waals surface area contributed by atoms with E-state index in [0.717, 1.165) is 12.1 Å². The van der Waals surface area contributed by atoms with Crippen molar-refractivity contribution in [1.29, 1.82) is 0 Å². The van der Waals surface area contributed by atoms with E-state index in [9.17, 15) is 13.6 Å². The van der Waals surface area contributed by atoms with Crippen molar-refractivity contribution in [2.45, 2.75) is 0 Å². The zero-order valence-electron chi connectivity index (χ0n) is 17.7. The number of hydrogen-bond acceptors (Lipinski definition) is 7. The number of aromatic nitrogens is 4. The molecule has 170 valence electrons. The monoisotopic (exact) mass is 455 g/mol. The van der Waals surface area contributed by atoms with Crippen LogP contribution in [0.25, 0.3) is 17.0 Å². The summed E-state index contributed by atoms with van der Waals surface area (Å²) in [6.07, 6.45) is 0. The van der Waals surface area contributed by atoms with Crippen LogP contribution in [0.15, 0.2) is 48.5 Å². The van der Waals surface area contributed by atoms with Gasteiger partial charge in [-0.15, -0.1) is 15.3 Å². The number of fused-ring (bicyclic) bond motifs is 1. The molecule has 4 aromatic rings. The molecule has 2 aromatic carbocycles. The molecule has 9 nitrogen and oxygen atoms in total. The lowest BCUT2D eigenvalue weighted by atomic mass is 10.2. The fourth-order valence-electron chi connectivity index (χ4n) is 3.06. The molecule has 0 radical (unpaired) electrons. The Hall–Kier alpha value is -4.28. The lowest BCUT2D eigenvalue weighted by molar-refractivity contribution is 0.0946. The van der Waals surface area contributed by atoms with Crippen LogP contribution in [0.1, 0.15) is 10.4 Å². The van der Waals surface area contributed by atoms with E-state index in [1.54, 1.807) is 44.6 Å². The first-order valence-corrected chi connectivity index (χ1v) is 9.81. The number of carbonyl (C=O) groups excluding carboxylic acids is 1. The fraction of sp³-hybridized carbons (Fsp3) is 0.182. The van der Waals surface area contributed by atoms with Crippen molar-refractivity contribution >= 4 is 11.6 Å². The Morgan fingerprint density at radius 2 is 1.79 bits per heavy atom. The zero-order valence-corrected chi connectivity index (χ0v) is 17.7. The molecule has 0 aliphatic heterocycles. The SMILES string of the molecule is COc1ccc(-c2nnc3ccc(OCCNC(=O)c4ccc(F)c(F)c4)nn23)cc1OC. The Balaban J connectivity index is 1.43. The highest BCUT2D eigenvalue weighted by Gasteiger charge is 2.14. The molecule has 33 heavy (non-hydrogen) atoms. The molecular formula is C22H19F2N5O4. The number of halogens is 2. The molecule has 0 aliphatic carbocycles. The Bertz CT molecular complexity index is 1310. The molecular weight excluding hydrogens is 436 g/mol. The molecule has 1 N–H and O–H groups in total. The first-order valence-electron chi connectivity index (χ1n) is 9.81. The number of methoxy groups -OCH3 is 2. The van der Waals surface area contributed by atoms with Crippen LogP contribution >= 0.6 is 0 Å². The van der Waals surface area contributed by atoms with Crippen molar-refractivity contribution in [1.82, 2.24) is 25.1 Å². The number of benzene rings is 2. The largest absolute Gasteiger partial charge is 0.493 e. The van der Waals surface area contributed by atoms with Crippen molar-refractivity contribution < 1.29 is 27.8 Å². The van der Waals surface area contributed by atoms with E-state index in [1.165, 1.54) is 10.6 Å². The van der Waals surface area contributed by atoms with Gasteiger partial charge in [-0.1, -0.05) is 0 Å². The molecule has 0 unspecified atom stereocenters. The van der Waals surface area contributed by atoms with Gasteiger partial charge in [-0.05, 0) is 42.5 Å². The molecule has 2 aromatic heterocycles. The summed E-state index contributed by atoms with van der Waals surface area (Å²) in [7, 11) is 3.09. The van der Waals surface area contributed by atoms with Gasteiger partial charge in [-0.2, -0.15) is 4.52 Å². The van der Waals surface area contributed by atoms with E-state index in [1.807, 2.05) is 0 Å². The van der Waals surface area contributed by atoms with E-state index < -0.39 is 17.5 Å². The minimum atomic E-state index is -1.09. The number of amides is 1. The lowest BCUT2D eigenvalue weighted by Crippen LogP contribution is -2.28. The highest BCUT2D eigenvalue weighted by molar-refractivity contribution is 5.94. The van der Waals surface area contributed by atoms with Gasteiger partial charge in [0.1, 0.15) is 6.61 Å². The summed E-state index contributed by atoms with van der Waals surface area (Å²) in [5.41, 5.74) is 1.24. The predicted molar refractivity (Wildman–Crippen MR) is 114 cm³/mol. The Morgan fingerprint density at radius 3 is 2.55 bits per heavy atom. The third kappa shape index (κ3) is 4.66. The summed E-state index contributed by atoms with van der Waals surface area (Å²) in [5.74, 6) is -0.772. The van der Waals surface area contributed by atoms with E-state index in [4.69, 9.17) is 14.2 Å². The highest BCUT2D eigenvalue weighted by Crippen LogP contribution is 2.31. The van der Waals surface area contributed by atoms with Gasteiger partial charge >= 0.3 is 0 Å². The normalized spacial score (nSPS) is 10.8. The molecule has 2 heterocycles. The van der Waals surface area contributed by atoms with E-state index in [0.29, 0.717) is 28.5 Å². The van der Waals surface area contributed by atoms with Gasteiger partial charge < -0.3 is 19.5 Å². The van der Waals surface area contributed by atoms with Crippen molar-refractivity contribution in [3.63, 3.8) is 0 Å². The lowest BCUT2D eigenvalue weighted by Gasteiger charge is -2.09. The summed E-state index contributed by atoms with van der Waals surface area (Å²) >= 11 is 0. The average molecular weight is 455 g/mol. The van der Waals surface area contributed by atoms with Crippen LogP contribution in [0.5, 0.6) is 17.4 Å². The van der Waals surface area contributed by atoms with Gasteiger partial charge in [-0.3, -0.25) is 4.79 Å². The second-order valence-corrected chi connectivity index (χ2v) is 6.77. The van der Waals surface area contributed by atoms with Crippen LogP contribution < -0.4 is 19.5 Å². The van der Waals surface area contributed by atoms with Crippen molar-refractivity contribution in [2.75, 3.05) is 27.4 Å². The van der Waals surface area contributed by atoms with Crippen LogP contribution in [0.2, 0.25) is 0 Å². The number of hydrogen-bond donors (Lipinski definition) is 1. The van der Waals surface area contributed by atoms with Gasteiger partial charge in [0, 0.05) is 17.2 Å². The second-order valence-electron chi connectivity index (χ2n) is 6.77. The minimum Gasteiger partial charge on any atom is -0.493 e. The van der Waals surface area contributed by atoms with Crippen LogP contribution in [-0.4, -0.2) is 53.1 Å². The van der Waals surface area contributed by atoms with Crippen molar-refractivity contribution in [2.24, 2.45) is 0 Å². The van der Waals surface area contributed by atoms with Crippen LogP contribution in [0, 0.1) is 11.6 Å². The number of ether oxygens (including phenoxy) is 3. The predicted octanol–water partition coefficient (Wildman–Crippen LogP) is 2.90. The van der Waals surface area contributed by atoms with Crippen LogP contribution in [0.3, 0.4) is 0 Å². The highest BCUT2D eigenvalue weighted by atomic mass is 19.2. The van der Waals surface area contributed by atoms with E-state index in [2.05, 4.69) is 20.6 Å². The Morgan fingerprint density at radius 1 is 0.970 bits per heavy atom. The maximum Gasteiger partial charge on any atom is 0.251 e. The van der Waals surface area contributed by atoms with Crippen molar-refractivity contribution in [3.8, 4) is 28.8 Å². The molecule has 0 saturated heterocycles. The van der Waals surface area contributed by atoms with Crippen LogP contribution in [-0.2, 0) is 0 Å². The summed E-state index contributed by atoms with van der Waals surface area (Å²) in [6.45, 7) is 0.226. The van der Waals surface area contributed by atoms with E-state index >= 15 is 0 Å². The second kappa shape index (κ2) is 9.47. The minimum absolute atomic E-state index is 0.0116. The summed E-state index contributed by atoms with van der Waals surface area (Å²) in [4.78, 5) is 12.0. The molecule has 11 heteroatoms. The molecule has 0 saturated carbocycles. The van der Waals surface area contributed by atoms with Gasteiger partial charge in [0.2, 0.25) is 5.88 Å². The summed E-state index contributed by atoms with van der Waals surface area (Å²) < 4.78 is 44.0. The maximum atomic E-state index is 13.3.